The summed E-state index contributed by atoms with van der Waals surface area (Å²) >= 11 is 0. The van der Waals surface area contributed by atoms with Crippen LogP contribution in [0.3, 0.4) is 0 Å². The molecular formula is C13H25NO5. The van der Waals surface area contributed by atoms with Crippen LogP contribution >= 0.6 is 0 Å². The van der Waals surface area contributed by atoms with Gasteiger partial charge in [0, 0.05) is 0 Å². The number of nitrogens with one attached hydrogen (secondary N) is 1. The van der Waals surface area contributed by atoms with Crippen molar-refractivity contribution in [2.45, 2.75) is 65.2 Å². The average Bonchev–Trinajstić information content (AvgIpc) is 2.11. The van der Waals surface area contributed by atoms with Gasteiger partial charge in [0.1, 0.15) is 5.60 Å². The van der Waals surface area contributed by atoms with E-state index in [1.807, 2.05) is 13.8 Å². The minimum absolute atomic E-state index is 0.211. The second kappa shape index (κ2) is 7.33. The Morgan fingerprint density at radius 1 is 1.26 bits per heavy atom. The number of alkyl carbamates (subject to hydrolysis) is 1. The highest BCUT2D eigenvalue weighted by atomic mass is 16.6. The first-order chi connectivity index (χ1) is 8.51. The summed E-state index contributed by atoms with van der Waals surface area (Å²) < 4.78 is 5.10. The molecule has 2 atom stereocenters. The summed E-state index contributed by atoms with van der Waals surface area (Å²) in [6, 6.07) is -0.633. The topological polar surface area (TPSA) is 95.9 Å². The number of carbonyl (C=O) groups excluding carboxylic acids is 1. The number of ether oxygens (including phenoxy) is 1. The Balaban J connectivity index is 4.58. The molecule has 0 aromatic carbocycles. The molecule has 0 spiro atoms. The molecule has 1 unspecified atom stereocenters. The first kappa shape index (κ1) is 17.7. The molecular weight excluding hydrogens is 250 g/mol. The third-order valence-corrected chi connectivity index (χ3v) is 2.28. The van der Waals surface area contributed by atoms with Crippen molar-refractivity contribution in [3.8, 4) is 0 Å². The minimum Gasteiger partial charge on any atom is -0.481 e. The van der Waals surface area contributed by atoms with Crippen LogP contribution in [0.5, 0.6) is 0 Å². The summed E-state index contributed by atoms with van der Waals surface area (Å²) in [5.41, 5.74) is -0.635. The smallest absolute Gasteiger partial charge is 0.407 e. The lowest BCUT2D eigenvalue weighted by Gasteiger charge is -2.27. The number of hydrogen-bond acceptors (Lipinski definition) is 4. The zero-order chi connectivity index (χ0) is 15.2. The Bertz CT molecular complexity index is 309. The number of aliphatic carboxylic acids is 1. The summed E-state index contributed by atoms with van der Waals surface area (Å²) in [4.78, 5) is 22.3. The number of rotatable bonds is 6. The number of carboxylic acids is 1. The van der Waals surface area contributed by atoms with E-state index in [9.17, 15) is 14.7 Å². The molecule has 6 heteroatoms. The van der Waals surface area contributed by atoms with Gasteiger partial charge in [0.25, 0.3) is 0 Å². The third kappa shape index (κ3) is 9.30. The van der Waals surface area contributed by atoms with Gasteiger partial charge in [-0.3, -0.25) is 4.79 Å². The van der Waals surface area contributed by atoms with E-state index >= 15 is 0 Å². The highest BCUT2D eigenvalue weighted by Crippen LogP contribution is 2.13. The Hall–Kier alpha value is -1.30. The molecule has 0 saturated carbocycles. The largest absolute Gasteiger partial charge is 0.481 e. The van der Waals surface area contributed by atoms with Crippen LogP contribution in [-0.4, -0.2) is 40.0 Å². The number of hydrogen-bond donors (Lipinski definition) is 3. The summed E-state index contributed by atoms with van der Waals surface area (Å²) in [5, 5.41) is 21.0. The molecule has 0 rings (SSSR count). The van der Waals surface area contributed by atoms with Crippen LogP contribution in [0.4, 0.5) is 4.79 Å². The minimum atomic E-state index is -1.13. The van der Waals surface area contributed by atoms with E-state index in [0.717, 1.165) is 0 Å². The number of amides is 1. The Morgan fingerprint density at radius 2 is 1.79 bits per heavy atom. The van der Waals surface area contributed by atoms with Crippen molar-refractivity contribution in [1.82, 2.24) is 5.32 Å². The van der Waals surface area contributed by atoms with Crippen molar-refractivity contribution in [3.05, 3.63) is 0 Å². The van der Waals surface area contributed by atoms with E-state index in [1.54, 1.807) is 20.8 Å². The monoisotopic (exact) mass is 275 g/mol. The Labute approximate surface area is 114 Å². The second-order valence-corrected chi connectivity index (χ2v) is 6.05. The predicted molar refractivity (Wildman–Crippen MR) is 70.9 cm³/mol. The van der Waals surface area contributed by atoms with E-state index in [2.05, 4.69) is 5.32 Å². The lowest BCUT2D eigenvalue weighted by molar-refractivity contribution is -0.139. The van der Waals surface area contributed by atoms with Gasteiger partial charge in [-0.2, -0.15) is 0 Å². The molecule has 3 N–H and O–H groups in total. The fourth-order valence-electron chi connectivity index (χ4n) is 1.60. The maximum absolute atomic E-state index is 11.6. The van der Waals surface area contributed by atoms with Gasteiger partial charge >= 0.3 is 12.1 Å². The van der Waals surface area contributed by atoms with Crippen LogP contribution in [0.2, 0.25) is 0 Å². The molecule has 0 aromatic rings. The molecule has 0 heterocycles. The lowest BCUT2D eigenvalue weighted by atomic mass is 9.97. The van der Waals surface area contributed by atoms with Gasteiger partial charge in [-0.1, -0.05) is 13.8 Å². The van der Waals surface area contributed by atoms with E-state index in [-0.39, 0.29) is 5.92 Å². The van der Waals surface area contributed by atoms with Crippen molar-refractivity contribution >= 4 is 12.1 Å². The van der Waals surface area contributed by atoms with Crippen molar-refractivity contribution in [1.29, 1.82) is 0 Å². The van der Waals surface area contributed by atoms with Crippen molar-refractivity contribution in [2.75, 3.05) is 0 Å². The summed E-state index contributed by atoms with van der Waals surface area (Å²) in [6.45, 7) is 9.06. The fraction of sp³-hybridized carbons (Fsp3) is 0.846. The number of carboxylic acid groups (broad SMARTS) is 1. The fourth-order valence-corrected chi connectivity index (χ4v) is 1.60. The van der Waals surface area contributed by atoms with Gasteiger partial charge in [0.05, 0.1) is 18.6 Å². The molecule has 19 heavy (non-hydrogen) atoms. The third-order valence-electron chi connectivity index (χ3n) is 2.28. The van der Waals surface area contributed by atoms with Crippen LogP contribution in [-0.2, 0) is 9.53 Å². The van der Waals surface area contributed by atoms with Crippen LogP contribution in [0.25, 0.3) is 0 Å². The molecule has 0 aliphatic rings. The zero-order valence-electron chi connectivity index (χ0n) is 12.3. The molecule has 0 aliphatic carbocycles. The number of aliphatic hydroxyl groups excluding tert-OH is 1. The average molecular weight is 275 g/mol. The van der Waals surface area contributed by atoms with Crippen LogP contribution in [0.15, 0.2) is 0 Å². The second-order valence-electron chi connectivity index (χ2n) is 6.05. The van der Waals surface area contributed by atoms with Gasteiger partial charge in [0.15, 0.2) is 0 Å². The van der Waals surface area contributed by atoms with Crippen LogP contribution < -0.4 is 5.32 Å². The normalized spacial score (nSPS) is 14.9. The SMILES string of the molecule is CC(C)C[C@H](NC(=O)OC(C)(C)C)C(O)CC(=O)O. The molecule has 0 radical (unpaired) electrons. The zero-order valence-corrected chi connectivity index (χ0v) is 12.3. The maximum Gasteiger partial charge on any atom is 0.407 e. The van der Waals surface area contributed by atoms with Gasteiger partial charge in [-0.25, -0.2) is 4.79 Å². The molecule has 0 saturated heterocycles. The first-order valence-corrected chi connectivity index (χ1v) is 6.40. The van der Waals surface area contributed by atoms with Gasteiger partial charge in [0.2, 0.25) is 0 Å². The lowest BCUT2D eigenvalue weighted by Crippen LogP contribution is -2.46. The quantitative estimate of drug-likeness (QED) is 0.686. The van der Waals surface area contributed by atoms with E-state index in [0.29, 0.717) is 6.42 Å². The number of carbonyl (C=O) groups is 2. The highest BCUT2D eigenvalue weighted by Gasteiger charge is 2.26. The van der Waals surface area contributed by atoms with Crippen LogP contribution in [0.1, 0.15) is 47.5 Å². The highest BCUT2D eigenvalue weighted by molar-refractivity contribution is 5.69. The Kier molecular flexibility index (Phi) is 6.83. The molecule has 0 aromatic heterocycles. The van der Waals surface area contributed by atoms with Gasteiger partial charge < -0.3 is 20.3 Å². The maximum atomic E-state index is 11.6. The summed E-state index contributed by atoms with van der Waals surface area (Å²) in [6.07, 6.45) is -1.71. The first-order valence-electron chi connectivity index (χ1n) is 6.40. The molecule has 1 amide bonds. The molecule has 112 valence electrons. The summed E-state index contributed by atoms with van der Waals surface area (Å²) in [5.74, 6) is -0.893. The Morgan fingerprint density at radius 3 is 2.16 bits per heavy atom. The van der Waals surface area contributed by atoms with Crippen molar-refractivity contribution < 1.29 is 24.5 Å². The van der Waals surface area contributed by atoms with Gasteiger partial charge in [-0.05, 0) is 33.1 Å². The molecule has 0 fully saturated rings. The molecule has 0 aliphatic heterocycles. The predicted octanol–water partition coefficient (Wildman–Crippen LogP) is 1.76. The molecule has 6 nitrogen and oxygen atoms in total. The van der Waals surface area contributed by atoms with E-state index in [4.69, 9.17) is 9.84 Å². The standard InChI is InChI=1S/C13H25NO5/c1-8(2)6-9(10(15)7-11(16)17)14-12(18)19-13(3,4)5/h8-10,15H,6-7H2,1-5H3,(H,14,18)(H,16,17)/t9-,10?/m0/s1. The van der Waals surface area contributed by atoms with Crippen molar-refractivity contribution in [2.24, 2.45) is 5.92 Å². The van der Waals surface area contributed by atoms with Crippen molar-refractivity contribution in [3.63, 3.8) is 0 Å². The van der Waals surface area contributed by atoms with Gasteiger partial charge in [-0.15, -0.1) is 0 Å². The van der Waals surface area contributed by atoms with E-state index in [1.165, 1.54) is 0 Å². The van der Waals surface area contributed by atoms with E-state index < -0.39 is 36.2 Å². The number of aliphatic hydroxyl groups is 1. The van der Waals surface area contributed by atoms with Crippen LogP contribution in [0, 0.1) is 5.92 Å². The summed E-state index contributed by atoms with van der Waals surface area (Å²) in [7, 11) is 0. The molecule has 0 bridgehead atoms.